The Morgan fingerprint density at radius 1 is 1.06 bits per heavy atom. The number of hydrogen-bond donors (Lipinski definition) is 4. The Bertz CT molecular complexity index is 1730. The van der Waals surface area contributed by atoms with E-state index in [2.05, 4.69) is 15.4 Å². The van der Waals surface area contributed by atoms with Gasteiger partial charge < -0.3 is 25.2 Å². The van der Waals surface area contributed by atoms with E-state index in [4.69, 9.17) is 9.47 Å². The molecule has 0 saturated heterocycles. The van der Waals surface area contributed by atoms with Crippen LogP contribution in [-0.2, 0) is 32.5 Å². The smallest absolute Gasteiger partial charge is 0.269 e. The lowest BCUT2D eigenvalue weighted by molar-refractivity contribution is -0.384. The molecule has 2 aliphatic rings. The molecule has 48 heavy (non-hydrogen) atoms. The summed E-state index contributed by atoms with van der Waals surface area (Å²) in [7, 11) is -3.92. The van der Waals surface area contributed by atoms with E-state index in [1.165, 1.54) is 11.9 Å². The maximum absolute atomic E-state index is 13.8. The Balaban J connectivity index is 1.19. The molecule has 2 aliphatic heterocycles. The van der Waals surface area contributed by atoms with Crippen LogP contribution in [0.3, 0.4) is 0 Å². The van der Waals surface area contributed by atoms with E-state index in [1.807, 2.05) is 53.7 Å². The first-order chi connectivity index (χ1) is 23.1. The number of rotatable bonds is 14. The number of sulfonamides is 1. The van der Waals surface area contributed by atoms with Gasteiger partial charge in [-0.15, -0.1) is 0 Å². The van der Waals surface area contributed by atoms with Crippen LogP contribution in [0.25, 0.3) is 0 Å². The second-order valence-electron chi connectivity index (χ2n) is 11.2. The van der Waals surface area contributed by atoms with Crippen LogP contribution in [0, 0.1) is 10.1 Å². The summed E-state index contributed by atoms with van der Waals surface area (Å²) in [6.45, 7) is 3.45. The standard InChI is InChI=1S/C32H37N5O9S2/c1-2-36-26(18-22-19-27-28(20-29(22)47-36)46-16-15-45-27)31(39)35-25(17-21-7-4-3-5-8-21)30(38)32(40)33-13-6-14-34-48(43,44)24-11-9-23(10-12-24)37(41)42/h3-5,7-12,19-20,25-26,30,34,38H,2,6,13-18H2,1H3,(H,33,40)(H,35,39)/t25-,26?,30?/m0/s1. The summed E-state index contributed by atoms with van der Waals surface area (Å²) < 4.78 is 40.9. The number of ether oxygens (including phenoxy) is 2. The number of fused-ring (bicyclic) bond motifs is 2. The zero-order chi connectivity index (χ0) is 34.3. The molecule has 256 valence electrons. The van der Waals surface area contributed by atoms with Crippen LogP contribution in [0.1, 0.15) is 24.5 Å². The fourth-order valence-electron chi connectivity index (χ4n) is 5.38. The maximum Gasteiger partial charge on any atom is 0.269 e. The van der Waals surface area contributed by atoms with Crippen LogP contribution in [0.2, 0.25) is 0 Å². The van der Waals surface area contributed by atoms with Gasteiger partial charge in [0.25, 0.3) is 11.6 Å². The van der Waals surface area contributed by atoms with Crippen LogP contribution < -0.4 is 24.8 Å². The van der Waals surface area contributed by atoms with E-state index >= 15 is 0 Å². The van der Waals surface area contributed by atoms with Crippen molar-refractivity contribution < 1.29 is 37.5 Å². The van der Waals surface area contributed by atoms with Crippen LogP contribution in [0.15, 0.2) is 76.5 Å². The molecule has 0 saturated carbocycles. The van der Waals surface area contributed by atoms with Crippen molar-refractivity contribution in [1.29, 1.82) is 0 Å². The van der Waals surface area contributed by atoms with Crippen molar-refractivity contribution >= 4 is 39.5 Å². The average molecular weight is 700 g/mol. The van der Waals surface area contributed by atoms with E-state index < -0.39 is 39.0 Å². The van der Waals surface area contributed by atoms with Gasteiger partial charge in [-0.05, 0) is 66.6 Å². The molecule has 0 fully saturated rings. The molecular formula is C32H37N5O9S2. The van der Waals surface area contributed by atoms with Gasteiger partial charge in [-0.2, -0.15) is 0 Å². The number of carbonyl (C=O) groups is 2. The molecule has 3 aromatic rings. The van der Waals surface area contributed by atoms with Gasteiger partial charge in [0.05, 0.1) is 15.9 Å². The lowest BCUT2D eigenvalue weighted by Crippen LogP contribution is -2.56. The van der Waals surface area contributed by atoms with Crippen molar-refractivity contribution in [2.45, 2.75) is 54.2 Å². The van der Waals surface area contributed by atoms with Crippen molar-refractivity contribution in [3.05, 3.63) is 88.0 Å². The molecule has 0 radical (unpaired) electrons. The molecule has 0 aliphatic carbocycles. The first-order valence-electron chi connectivity index (χ1n) is 15.5. The van der Waals surface area contributed by atoms with Crippen LogP contribution >= 0.6 is 11.9 Å². The molecular weight excluding hydrogens is 663 g/mol. The van der Waals surface area contributed by atoms with E-state index in [0.717, 1.165) is 40.3 Å². The van der Waals surface area contributed by atoms with Crippen LogP contribution in [0.5, 0.6) is 11.5 Å². The molecule has 2 unspecified atom stereocenters. The fourth-order valence-corrected chi connectivity index (χ4v) is 7.55. The number of nitro groups is 1. The van der Waals surface area contributed by atoms with Gasteiger partial charge in [0.15, 0.2) is 17.6 Å². The predicted octanol–water partition coefficient (Wildman–Crippen LogP) is 2.19. The summed E-state index contributed by atoms with van der Waals surface area (Å²) in [5, 5.41) is 27.5. The minimum atomic E-state index is -3.92. The molecule has 16 heteroatoms. The summed E-state index contributed by atoms with van der Waals surface area (Å²) in [6, 6.07) is 16.0. The van der Waals surface area contributed by atoms with E-state index in [9.17, 15) is 33.2 Å². The van der Waals surface area contributed by atoms with Crippen molar-refractivity contribution in [1.82, 2.24) is 19.7 Å². The molecule has 3 atom stereocenters. The Labute approximate surface area is 282 Å². The van der Waals surface area contributed by atoms with Crippen molar-refractivity contribution in [3.8, 4) is 11.5 Å². The third kappa shape index (κ3) is 8.62. The first kappa shape index (κ1) is 35.1. The molecule has 0 aromatic heterocycles. The number of carbonyl (C=O) groups excluding carboxylic acids is 2. The van der Waals surface area contributed by atoms with Crippen molar-refractivity contribution in [2.75, 3.05) is 32.8 Å². The minimum Gasteiger partial charge on any atom is -0.486 e. The molecule has 3 aromatic carbocycles. The molecule has 0 bridgehead atoms. The number of aliphatic hydroxyl groups excluding tert-OH is 1. The highest BCUT2D eigenvalue weighted by Gasteiger charge is 2.36. The number of nitrogens with zero attached hydrogens (tertiary/aromatic N) is 2. The van der Waals surface area contributed by atoms with Gasteiger partial charge in [0.2, 0.25) is 15.9 Å². The number of nitro benzene ring substituents is 1. The second-order valence-corrected chi connectivity index (χ2v) is 14.0. The number of non-ortho nitro benzene ring substituents is 1. The molecule has 0 spiro atoms. The predicted molar refractivity (Wildman–Crippen MR) is 177 cm³/mol. The van der Waals surface area contributed by atoms with E-state index in [-0.39, 0.29) is 42.4 Å². The molecule has 5 rings (SSSR count). The Hall–Kier alpha value is -4.22. The summed E-state index contributed by atoms with van der Waals surface area (Å²) in [4.78, 5) is 37.9. The summed E-state index contributed by atoms with van der Waals surface area (Å²) in [5.41, 5.74) is 1.53. The molecule has 2 heterocycles. The normalized spacial score (nSPS) is 17.1. The number of likely N-dealkylation sites (N-methyl/N-ethyl adjacent to an activating group) is 1. The number of nitrogens with one attached hydrogen (secondary N) is 3. The quantitative estimate of drug-likeness (QED) is 0.0836. The maximum atomic E-state index is 13.8. The highest BCUT2D eigenvalue weighted by atomic mass is 32.2. The third-order valence-electron chi connectivity index (χ3n) is 7.89. The van der Waals surface area contributed by atoms with Gasteiger partial charge in [-0.1, -0.05) is 37.3 Å². The Morgan fingerprint density at radius 2 is 1.75 bits per heavy atom. The number of aliphatic hydroxyl groups is 1. The topological polar surface area (TPSA) is 189 Å². The van der Waals surface area contributed by atoms with E-state index in [0.29, 0.717) is 37.7 Å². The first-order valence-corrected chi connectivity index (χ1v) is 17.7. The molecule has 4 N–H and O–H groups in total. The fraction of sp³-hybridized carbons (Fsp3) is 0.375. The monoisotopic (exact) mass is 699 g/mol. The number of benzene rings is 3. The third-order valence-corrected chi connectivity index (χ3v) is 10.7. The lowest BCUT2D eigenvalue weighted by Gasteiger charge is -2.36. The highest BCUT2D eigenvalue weighted by Crippen LogP contribution is 2.42. The number of hydrogen-bond acceptors (Lipinski definition) is 11. The number of amides is 2. The van der Waals surface area contributed by atoms with Gasteiger partial charge >= 0.3 is 0 Å². The van der Waals surface area contributed by atoms with Crippen LogP contribution in [-0.4, -0.2) is 85.6 Å². The molecule has 2 amide bonds. The van der Waals surface area contributed by atoms with Gasteiger partial charge in [-0.3, -0.25) is 19.7 Å². The van der Waals surface area contributed by atoms with Gasteiger partial charge in [0, 0.05) is 36.7 Å². The highest BCUT2D eigenvalue weighted by molar-refractivity contribution is 7.97. The SMILES string of the molecule is CCN1Sc2cc3c(cc2CC1C(=O)N[C@@H](Cc1ccccc1)C(O)C(=O)NCCCNS(=O)(=O)c1ccc([N+](=O)[O-])cc1)OCCO3. The summed E-state index contributed by atoms with van der Waals surface area (Å²) in [5.74, 6) is 0.260. The molecule has 14 nitrogen and oxygen atoms in total. The zero-order valence-corrected chi connectivity index (χ0v) is 27.8. The van der Waals surface area contributed by atoms with Gasteiger partial charge in [-0.25, -0.2) is 17.4 Å². The van der Waals surface area contributed by atoms with Crippen LogP contribution in [0.4, 0.5) is 5.69 Å². The summed E-state index contributed by atoms with van der Waals surface area (Å²) in [6.07, 6.45) is -0.808. The largest absolute Gasteiger partial charge is 0.486 e. The van der Waals surface area contributed by atoms with Gasteiger partial charge in [0.1, 0.15) is 19.3 Å². The second kappa shape index (κ2) is 15.8. The van der Waals surface area contributed by atoms with Crippen molar-refractivity contribution in [3.63, 3.8) is 0 Å². The van der Waals surface area contributed by atoms with Crippen molar-refractivity contribution in [2.24, 2.45) is 0 Å². The average Bonchev–Trinajstić information content (AvgIpc) is 3.09. The lowest BCUT2D eigenvalue weighted by atomic mass is 9.98. The zero-order valence-electron chi connectivity index (χ0n) is 26.2. The summed E-state index contributed by atoms with van der Waals surface area (Å²) >= 11 is 1.45. The minimum absolute atomic E-state index is 0.0338. The Kier molecular flexibility index (Phi) is 11.5. The Morgan fingerprint density at radius 3 is 2.42 bits per heavy atom. The van der Waals surface area contributed by atoms with E-state index in [1.54, 1.807) is 0 Å².